The van der Waals surface area contributed by atoms with E-state index in [2.05, 4.69) is 0 Å². The molecule has 0 aliphatic heterocycles. The predicted octanol–water partition coefficient (Wildman–Crippen LogP) is 1.90. The summed E-state index contributed by atoms with van der Waals surface area (Å²) in [4.78, 5) is 11.0. The smallest absolute Gasteiger partial charge is 0.310 e. The van der Waals surface area contributed by atoms with Gasteiger partial charge >= 0.3 is 5.97 Å². The van der Waals surface area contributed by atoms with Gasteiger partial charge in [0.1, 0.15) is 5.75 Å². The molecule has 17 heavy (non-hydrogen) atoms. The molecule has 4 nitrogen and oxygen atoms in total. The number of para-hydroxylation sites is 1. The zero-order valence-electron chi connectivity index (χ0n) is 10.1. The number of carbonyl (C=O) groups is 1. The Labute approximate surface area is 101 Å². The van der Waals surface area contributed by atoms with Crippen molar-refractivity contribution in [3.05, 3.63) is 30.3 Å². The van der Waals surface area contributed by atoms with E-state index in [0.717, 1.165) is 5.75 Å². The van der Waals surface area contributed by atoms with Crippen LogP contribution in [0.5, 0.6) is 5.75 Å². The topological polar surface area (TPSA) is 72.5 Å². The van der Waals surface area contributed by atoms with E-state index in [-0.39, 0.29) is 6.54 Å². The molecule has 0 aliphatic carbocycles. The fraction of sp³-hybridized carbons (Fsp3) is 0.462. The van der Waals surface area contributed by atoms with Crippen LogP contribution in [0.25, 0.3) is 0 Å². The van der Waals surface area contributed by atoms with Crippen molar-refractivity contribution in [2.45, 2.75) is 19.8 Å². The first-order valence-electron chi connectivity index (χ1n) is 5.70. The number of carboxylic acid groups (broad SMARTS) is 1. The van der Waals surface area contributed by atoms with Crippen molar-refractivity contribution in [3.8, 4) is 5.75 Å². The summed E-state index contributed by atoms with van der Waals surface area (Å²) in [7, 11) is 0. The summed E-state index contributed by atoms with van der Waals surface area (Å²) in [5, 5.41) is 9.03. The zero-order valence-corrected chi connectivity index (χ0v) is 10.1. The number of hydrogen-bond acceptors (Lipinski definition) is 3. The summed E-state index contributed by atoms with van der Waals surface area (Å²) in [6, 6.07) is 9.47. The molecular formula is C13H19NO3. The van der Waals surface area contributed by atoms with Crippen molar-refractivity contribution in [2.75, 3.05) is 13.2 Å². The lowest BCUT2D eigenvalue weighted by atomic mass is 9.86. The van der Waals surface area contributed by atoms with Crippen molar-refractivity contribution in [1.82, 2.24) is 0 Å². The van der Waals surface area contributed by atoms with E-state index in [1.54, 1.807) is 6.92 Å². The van der Waals surface area contributed by atoms with Crippen LogP contribution in [0.3, 0.4) is 0 Å². The van der Waals surface area contributed by atoms with Gasteiger partial charge in [0.2, 0.25) is 0 Å². The molecule has 0 fully saturated rings. The Morgan fingerprint density at radius 2 is 2.06 bits per heavy atom. The van der Waals surface area contributed by atoms with E-state index in [0.29, 0.717) is 19.4 Å². The Morgan fingerprint density at radius 1 is 1.41 bits per heavy atom. The Kier molecular flexibility index (Phi) is 4.97. The van der Waals surface area contributed by atoms with Crippen molar-refractivity contribution in [2.24, 2.45) is 11.1 Å². The molecule has 0 heterocycles. The predicted molar refractivity (Wildman–Crippen MR) is 66.0 cm³/mol. The van der Waals surface area contributed by atoms with E-state index in [9.17, 15) is 4.79 Å². The van der Waals surface area contributed by atoms with Crippen molar-refractivity contribution in [1.29, 1.82) is 0 Å². The van der Waals surface area contributed by atoms with E-state index < -0.39 is 11.4 Å². The molecule has 3 N–H and O–H groups in total. The van der Waals surface area contributed by atoms with Crippen LogP contribution in [0.15, 0.2) is 30.3 Å². The minimum atomic E-state index is -0.847. The molecule has 0 amide bonds. The maximum Gasteiger partial charge on any atom is 0.310 e. The molecule has 0 radical (unpaired) electrons. The first-order valence-corrected chi connectivity index (χ1v) is 5.70. The van der Waals surface area contributed by atoms with Crippen LogP contribution in [0.1, 0.15) is 19.8 Å². The lowest BCUT2D eigenvalue weighted by molar-refractivity contribution is -0.147. The van der Waals surface area contributed by atoms with E-state index in [1.807, 2.05) is 30.3 Å². The Balaban J connectivity index is 2.31. The summed E-state index contributed by atoms with van der Waals surface area (Å²) in [5.41, 5.74) is 4.63. The van der Waals surface area contributed by atoms with Gasteiger partial charge in [-0.15, -0.1) is 0 Å². The van der Waals surface area contributed by atoms with E-state index in [4.69, 9.17) is 15.6 Å². The number of hydrogen-bond donors (Lipinski definition) is 2. The molecule has 0 aliphatic rings. The Hall–Kier alpha value is -1.55. The first-order chi connectivity index (χ1) is 8.08. The van der Waals surface area contributed by atoms with Crippen LogP contribution in [0.4, 0.5) is 0 Å². The molecule has 94 valence electrons. The van der Waals surface area contributed by atoms with Crippen LogP contribution in [0.2, 0.25) is 0 Å². The van der Waals surface area contributed by atoms with Gasteiger partial charge in [0, 0.05) is 6.54 Å². The zero-order chi connectivity index (χ0) is 12.7. The highest BCUT2D eigenvalue weighted by atomic mass is 16.5. The number of ether oxygens (including phenoxy) is 1. The normalized spacial score (nSPS) is 14.0. The second kappa shape index (κ2) is 6.25. The van der Waals surface area contributed by atoms with Crippen molar-refractivity contribution < 1.29 is 14.6 Å². The molecule has 0 aromatic heterocycles. The van der Waals surface area contributed by atoms with Crippen molar-refractivity contribution in [3.63, 3.8) is 0 Å². The third-order valence-corrected chi connectivity index (χ3v) is 2.85. The molecule has 0 bridgehead atoms. The highest BCUT2D eigenvalue weighted by molar-refractivity contribution is 5.74. The average molecular weight is 237 g/mol. The maximum atomic E-state index is 11.0. The summed E-state index contributed by atoms with van der Waals surface area (Å²) in [6.07, 6.45) is 1.20. The minimum Gasteiger partial charge on any atom is -0.494 e. The summed E-state index contributed by atoms with van der Waals surface area (Å²) in [6.45, 7) is 2.32. The number of rotatable bonds is 7. The minimum absolute atomic E-state index is 0.146. The van der Waals surface area contributed by atoms with Gasteiger partial charge in [-0.05, 0) is 31.9 Å². The van der Waals surface area contributed by atoms with Crippen LogP contribution in [0, 0.1) is 5.41 Å². The second-order valence-electron chi connectivity index (χ2n) is 4.34. The largest absolute Gasteiger partial charge is 0.494 e. The van der Waals surface area contributed by atoms with Gasteiger partial charge in [0.15, 0.2) is 0 Å². The average Bonchev–Trinajstić information content (AvgIpc) is 2.35. The van der Waals surface area contributed by atoms with Gasteiger partial charge in [-0.25, -0.2) is 0 Å². The summed E-state index contributed by atoms with van der Waals surface area (Å²) in [5.74, 6) is -0.0445. The van der Waals surface area contributed by atoms with Crippen molar-refractivity contribution >= 4 is 5.97 Å². The van der Waals surface area contributed by atoms with Crippen LogP contribution in [-0.4, -0.2) is 24.2 Å². The van der Waals surface area contributed by atoms with Crippen LogP contribution in [-0.2, 0) is 4.79 Å². The molecule has 1 aromatic rings. The number of aliphatic carboxylic acids is 1. The van der Waals surface area contributed by atoms with Gasteiger partial charge in [-0.1, -0.05) is 18.2 Å². The first kappa shape index (κ1) is 13.5. The molecule has 1 unspecified atom stereocenters. The molecule has 1 rings (SSSR count). The number of nitrogens with two attached hydrogens (primary N) is 1. The summed E-state index contributed by atoms with van der Waals surface area (Å²) < 4.78 is 5.49. The van der Waals surface area contributed by atoms with Gasteiger partial charge in [0.05, 0.1) is 12.0 Å². The second-order valence-corrected chi connectivity index (χ2v) is 4.34. The SMILES string of the molecule is CC(CN)(CCCOc1ccccc1)C(=O)O. The van der Waals surface area contributed by atoms with E-state index in [1.165, 1.54) is 0 Å². The highest BCUT2D eigenvalue weighted by Gasteiger charge is 2.30. The van der Waals surface area contributed by atoms with Crippen LogP contribution < -0.4 is 10.5 Å². The highest BCUT2D eigenvalue weighted by Crippen LogP contribution is 2.22. The third-order valence-electron chi connectivity index (χ3n) is 2.85. The van der Waals surface area contributed by atoms with Gasteiger partial charge in [0.25, 0.3) is 0 Å². The lowest BCUT2D eigenvalue weighted by Crippen LogP contribution is -2.35. The van der Waals surface area contributed by atoms with E-state index >= 15 is 0 Å². The monoisotopic (exact) mass is 237 g/mol. The van der Waals surface area contributed by atoms with Gasteiger partial charge in [-0.3, -0.25) is 4.79 Å². The molecule has 1 atom stereocenters. The fourth-order valence-corrected chi connectivity index (χ4v) is 1.47. The standard InChI is InChI=1S/C13H19NO3/c1-13(10-14,12(15)16)8-5-9-17-11-6-3-2-4-7-11/h2-4,6-7H,5,8-10,14H2,1H3,(H,15,16). The Morgan fingerprint density at radius 3 is 2.59 bits per heavy atom. The number of carboxylic acids is 1. The van der Waals surface area contributed by atoms with Gasteiger partial charge in [-0.2, -0.15) is 0 Å². The third kappa shape index (κ3) is 4.07. The molecule has 4 heteroatoms. The van der Waals surface area contributed by atoms with Gasteiger partial charge < -0.3 is 15.6 Å². The molecule has 0 saturated heterocycles. The quantitative estimate of drug-likeness (QED) is 0.710. The molecule has 0 spiro atoms. The lowest BCUT2D eigenvalue weighted by Gasteiger charge is -2.22. The maximum absolute atomic E-state index is 11.0. The molecule has 1 aromatic carbocycles. The number of benzene rings is 1. The molecular weight excluding hydrogens is 218 g/mol. The Bertz CT molecular complexity index is 353. The fourth-order valence-electron chi connectivity index (χ4n) is 1.47. The summed E-state index contributed by atoms with van der Waals surface area (Å²) >= 11 is 0. The van der Waals surface area contributed by atoms with Crippen LogP contribution >= 0.6 is 0 Å². The molecule has 0 saturated carbocycles.